The van der Waals surface area contributed by atoms with Crippen molar-refractivity contribution < 1.29 is 80.2 Å². The molecule has 0 aromatic carbocycles. The lowest BCUT2D eigenvalue weighted by molar-refractivity contribution is -0.161. The summed E-state index contributed by atoms with van der Waals surface area (Å²) >= 11 is 0. The average molecular weight is 1340 g/mol. The maximum Gasteiger partial charge on any atom is 0.472 e. The normalized spacial score (nSPS) is 15.1. The van der Waals surface area contributed by atoms with E-state index >= 15 is 0 Å². The van der Waals surface area contributed by atoms with Crippen LogP contribution in [0.25, 0.3) is 0 Å². The SMILES string of the molecule is CCCCCCCC(=O)OC[C@H](COP(=O)(O)OC[C@H](O)COP(=O)(O)OC[C@@H](COC(=O)CCCCCCCCCCCCCCCCC(C)CC)OC(=O)CCCCCCCCCCCCCCCCC(C)CC)OC(=O)CCCCCCCCC(C)CC. The molecule has 0 saturated carbocycles. The molecule has 0 spiro atoms. The van der Waals surface area contributed by atoms with Gasteiger partial charge in [0.1, 0.15) is 19.3 Å². The fraction of sp³-hybridized carbons (Fsp3) is 0.944. The Hall–Kier alpha value is -1.94. The maximum atomic E-state index is 13.0. The Morgan fingerprint density at radius 3 is 0.780 bits per heavy atom. The molecule has 0 aliphatic rings. The van der Waals surface area contributed by atoms with E-state index in [1.54, 1.807) is 0 Å². The predicted molar refractivity (Wildman–Crippen MR) is 368 cm³/mol. The van der Waals surface area contributed by atoms with Crippen LogP contribution in [0.1, 0.15) is 363 Å². The quantitative estimate of drug-likeness (QED) is 0.0222. The van der Waals surface area contributed by atoms with Crippen LogP contribution < -0.4 is 0 Å². The maximum absolute atomic E-state index is 13.0. The van der Waals surface area contributed by atoms with Crippen LogP contribution in [0.5, 0.6) is 0 Å². The second-order valence-electron chi connectivity index (χ2n) is 26.7. The number of esters is 4. The molecule has 91 heavy (non-hydrogen) atoms. The van der Waals surface area contributed by atoms with Gasteiger partial charge in [-0.2, -0.15) is 0 Å². The van der Waals surface area contributed by atoms with E-state index in [9.17, 15) is 43.2 Å². The lowest BCUT2D eigenvalue weighted by Gasteiger charge is -2.21. The molecule has 0 aliphatic heterocycles. The van der Waals surface area contributed by atoms with Crippen LogP contribution >= 0.6 is 15.6 Å². The molecule has 0 aliphatic carbocycles. The van der Waals surface area contributed by atoms with Gasteiger partial charge in [0.2, 0.25) is 0 Å². The first-order valence-electron chi connectivity index (χ1n) is 37.5. The highest BCUT2D eigenvalue weighted by molar-refractivity contribution is 7.47. The molecular weight excluding hydrogens is 1200 g/mol. The second-order valence-corrected chi connectivity index (χ2v) is 29.6. The van der Waals surface area contributed by atoms with Gasteiger partial charge in [-0.25, -0.2) is 9.13 Å². The van der Waals surface area contributed by atoms with E-state index in [1.165, 1.54) is 167 Å². The highest BCUT2D eigenvalue weighted by atomic mass is 31.2. The Bertz CT molecular complexity index is 1790. The van der Waals surface area contributed by atoms with E-state index in [1.807, 2.05) is 0 Å². The van der Waals surface area contributed by atoms with Gasteiger partial charge in [-0.3, -0.25) is 37.3 Å². The molecule has 17 nitrogen and oxygen atoms in total. The fourth-order valence-electron chi connectivity index (χ4n) is 10.8. The van der Waals surface area contributed by atoms with Crippen LogP contribution in [0.3, 0.4) is 0 Å². The summed E-state index contributed by atoms with van der Waals surface area (Å²) in [5, 5.41) is 10.6. The second kappa shape index (κ2) is 62.8. The molecule has 3 N–H and O–H groups in total. The third-order valence-corrected chi connectivity index (χ3v) is 19.6. The Kier molecular flexibility index (Phi) is 61.5. The van der Waals surface area contributed by atoms with Gasteiger partial charge >= 0.3 is 39.5 Å². The van der Waals surface area contributed by atoms with Gasteiger partial charge in [0.05, 0.1) is 26.4 Å². The highest BCUT2D eigenvalue weighted by Gasteiger charge is 2.30. The summed E-state index contributed by atoms with van der Waals surface area (Å²) in [6, 6.07) is 0. The molecule has 0 saturated heterocycles. The number of unbranched alkanes of at least 4 members (excludes halogenated alkanes) is 35. The Morgan fingerprint density at radius 2 is 0.527 bits per heavy atom. The van der Waals surface area contributed by atoms with Crippen LogP contribution in [-0.2, 0) is 65.4 Å². The van der Waals surface area contributed by atoms with E-state index in [0.29, 0.717) is 25.7 Å². The number of carbonyl (C=O) groups is 4. The molecule has 0 bridgehead atoms. The minimum atomic E-state index is -4.95. The number of hydrogen-bond acceptors (Lipinski definition) is 15. The van der Waals surface area contributed by atoms with Crippen LogP contribution in [0.4, 0.5) is 0 Å². The van der Waals surface area contributed by atoms with Crippen molar-refractivity contribution >= 4 is 39.5 Å². The Morgan fingerprint density at radius 1 is 0.308 bits per heavy atom. The van der Waals surface area contributed by atoms with E-state index in [4.69, 9.17) is 37.0 Å². The summed E-state index contributed by atoms with van der Waals surface area (Å²) in [5.74, 6) is 0.279. The topological polar surface area (TPSA) is 237 Å². The first-order chi connectivity index (χ1) is 43.8. The van der Waals surface area contributed by atoms with E-state index < -0.39 is 97.5 Å². The van der Waals surface area contributed by atoms with Crippen molar-refractivity contribution in [2.24, 2.45) is 17.8 Å². The van der Waals surface area contributed by atoms with Crippen LogP contribution in [0.2, 0.25) is 0 Å². The average Bonchev–Trinajstić information content (AvgIpc) is 3.73. The van der Waals surface area contributed by atoms with Crippen LogP contribution in [0.15, 0.2) is 0 Å². The predicted octanol–water partition coefficient (Wildman–Crippen LogP) is 20.6. The van der Waals surface area contributed by atoms with E-state index in [2.05, 4.69) is 48.5 Å². The van der Waals surface area contributed by atoms with Crippen LogP contribution in [0, 0.1) is 17.8 Å². The molecule has 540 valence electrons. The van der Waals surface area contributed by atoms with Gasteiger partial charge in [-0.15, -0.1) is 0 Å². The summed E-state index contributed by atoms with van der Waals surface area (Å²) in [4.78, 5) is 72.3. The molecular formula is C72H140O17P2. The summed E-state index contributed by atoms with van der Waals surface area (Å²) in [7, 11) is -9.89. The lowest BCUT2D eigenvalue weighted by Crippen LogP contribution is -2.30. The van der Waals surface area contributed by atoms with E-state index in [0.717, 1.165) is 114 Å². The first-order valence-corrected chi connectivity index (χ1v) is 40.5. The van der Waals surface area contributed by atoms with Crippen molar-refractivity contribution in [3.63, 3.8) is 0 Å². The molecule has 19 heteroatoms. The summed E-state index contributed by atoms with van der Waals surface area (Å²) in [6.07, 6.45) is 47.6. The summed E-state index contributed by atoms with van der Waals surface area (Å²) < 4.78 is 68.1. The third kappa shape index (κ3) is 62.6. The lowest BCUT2D eigenvalue weighted by atomic mass is 9.99. The molecule has 5 unspecified atom stereocenters. The van der Waals surface area contributed by atoms with Crippen LogP contribution in [-0.4, -0.2) is 96.7 Å². The molecule has 0 amide bonds. The van der Waals surface area contributed by atoms with Gasteiger partial charge in [-0.1, -0.05) is 312 Å². The monoisotopic (exact) mass is 1340 g/mol. The van der Waals surface area contributed by atoms with Crippen molar-refractivity contribution in [2.75, 3.05) is 39.6 Å². The van der Waals surface area contributed by atoms with Crippen molar-refractivity contribution in [2.45, 2.75) is 381 Å². The number of ether oxygens (including phenoxy) is 4. The molecule has 0 fully saturated rings. The van der Waals surface area contributed by atoms with Gasteiger partial charge in [-0.05, 0) is 43.4 Å². The third-order valence-electron chi connectivity index (χ3n) is 17.7. The fourth-order valence-corrected chi connectivity index (χ4v) is 12.4. The number of aliphatic hydroxyl groups is 1. The van der Waals surface area contributed by atoms with E-state index in [-0.39, 0.29) is 25.7 Å². The number of phosphoric ester groups is 2. The zero-order valence-electron chi connectivity index (χ0n) is 59.3. The van der Waals surface area contributed by atoms with Crippen molar-refractivity contribution in [1.29, 1.82) is 0 Å². The van der Waals surface area contributed by atoms with Crippen molar-refractivity contribution in [3.8, 4) is 0 Å². The molecule has 0 rings (SSSR count). The minimum Gasteiger partial charge on any atom is -0.462 e. The highest BCUT2D eigenvalue weighted by Crippen LogP contribution is 2.45. The molecule has 0 heterocycles. The van der Waals surface area contributed by atoms with Gasteiger partial charge in [0.15, 0.2) is 12.2 Å². The minimum absolute atomic E-state index is 0.102. The number of rotatable bonds is 70. The van der Waals surface area contributed by atoms with Gasteiger partial charge in [0.25, 0.3) is 0 Å². The zero-order valence-corrected chi connectivity index (χ0v) is 61.1. The summed E-state index contributed by atoms with van der Waals surface area (Å²) in [6.45, 7) is 11.8. The van der Waals surface area contributed by atoms with Crippen molar-refractivity contribution in [3.05, 3.63) is 0 Å². The largest absolute Gasteiger partial charge is 0.472 e. The number of hydrogen-bond donors (Lipinski definition) is 3. The first kappa shape index (κ1) is 89.1. The standard InChI is InChI=1S/C72H140O17P2/c1-8-12-13-36-46-53-69(74)82-59-67(89-72(77)56-49-42-35-34-39-45-52-65(7)11-4)61-86-90(78,79)84-57-66(73)58-85-91(80,81)87-62-68(88-71(76)55-48-41-33-29-25-21-17-15-19-23-27-31-38-44-51-64(6)10-3)60-83-70(75)54-47-40-32-28-24-20-16-14-18-22-26-30-37-43-50-63(5)9-2/h63-68,73H,8-62H2,1-7H3,(H,78,79)(H,80,81)/t63?,64?,65?,66-,67+,68+/m0/s1. The van der Waals surface area contributed by atoms with Gasteiger partial charge in [0, 0.05) is 25.7 Å². The molecule has 0 aromatic heterocycles. The zero-order chi connectivity index (χ0) is 67.3. The number of phosphoric acid groups is 2. The Balaban J connectivity index is 5.15. The summed E-state index contributed by atoms with van der Waals surface area (Å²) in [5.41, 5.74) is 0. The smallest absolute Gasteiger partial charge is 0.462 e. The Labute approximate surface area is 556 Å². The number of aliphatic hydroxyl groups excluding tert-OH is 1. The molecule has 0 radical (unpaired) electrons. The molecule has 8 atom stereocenters. The van der Waals surface area contributed by atoms with Crippen molar-refractivity contribution in [1.82, 2.24) is 0 Å². The molecule has 0 aromatic rings. The van der Waals surface area contributed by atoms with Gasteiger partial charge < -0.3 is 33.8 Å². The number of carbonyl (C=O) groups excluding carboxylic acids is 4.